The van der Waals surface area contributed by atoms with Crippen LogP contribution >= 0.6 is 0 Å². The molecule has 1 atom stereocenters. The van der Waals surface area contributed by atoms with Gasteiger partial charge in [0.05, 0.1) is 0 Å². The number of nitrogens with zero attached hydrogens (tertiary/aromatic N) is 1. The Kier molecular flexibility index (Phi) is 4.54. The summed E-state index contributed by atoms with van der Waals surface area (Å²) in [4.78, 5) is 25.7. The SMILES string of the molecule is CC(NC(=O)C(C)(C)C)C(=O)N1CCCCC1. The molecule has 1 aliphatic heterocycles. The number of piperidine rings is 1. The maximum atomic E-state index is 12.1. The van der Waals surface area contributed by atoms with Gasteiger partial charge >= 0.3 is 0 Å². The van der Waals surface area contributed by atoms with Gasteiger partial charge in [-0.05, 0) is 26.2 Å². The van der Waals surface area contributed by atoms with Gasteiger partial charge < -0.3 is 10.2 Å². The second kappa shape index (κ2) is 5.52. The molecule has 0 spiro atoms. The van der Waals surface area contributed by atoms with Crippen molar-refractivity contribution in [3.8, 4) is 0 Å². The molecule has 0 radical (unpaired) electrons. The first kappa shape index (κ1) is 14.0. The van der Waals surface area contributed by atoms with E-state index in [2.05, 4.69) is 5.32 Å². The first-order valence-electron chi connectivity index (χ1n) is 6.42. The summed E-state index contributed by atoms with van der Waals surface area (Å²) in [6, 6.07) is -0.417. The van der Waals surface area contributed by atoms with E-state index in [0.29, 0.717) is 0 Å². The normalized spacial score (nSPS) is 18.7. The van der Waals surface area contributed by atoms with Crippen LogP contribution in [0.25, 0.3) is 0 Å². The fraction of sp³-hybridized carbons (Fsp3) is 0.846. The lowest BCUT2D eigenvalue weighted by Crippen LogP contribution is -2.50. The number of likely N-dealkylation sites (tertiary alicyclic amines) is 1. The molecule has 2 amide bonds. The summed E-state index contributed by atoms with van der Waals surface area (Å²) in [5.74, 6) is -0.0299. The van der Waals surface area contributed by atoms with Gasteiger partial charge in [-0.3, -0.25) is 9.59 Å². The van der Waals surface area contributed by atoms with Crippen LogP contribution in [0.5, 0.6) is 0 Å². The molecule has 1 rings (SSSR count). The summed E-state index contributed by atoms with van der Waals surface area (Å²) >= 11 is 0. The average molecular weight is 240 g/mol. The van der Waals surface area contributed by atoms with Crippen molar-refractivity contribution >= 4 is 11.8 Å². The maximum Gasteiger partial charge on any atom is 0.244 e. The molecule has 1 saturated heterocycles. The molecule has 4 heteroatoms. The average Bonchev–Trinajstić information content (AvgIpc) is 2.27. The molecule has 0 aromatic rings. The molecule has 98 valence electrons. The third-order valence-corrected chi connectivity index (χ3v) is 3.07. The minimum absolute atomic E-state index is 0.0438. The van der Waals surface area contributed by atoms with E-state index in [9.17, 15) is 9.59 Å². The number of hydrogen-bond acceptors (Lipinski definition) is 2. The summed E-state index contributed by atoms with van der Waals surface area (Å²) in [5, 5.41) is 2.79. The predicted molar refractivity (Wildman–Crippen MR) is 67.5 cm³/mol. The van der Waals surface area contributed by atoms with E-state index in [4.69, 9.17) is 0 Å². The van der Waals surface area contributed by atoms with E-state index in [1.165, 1.54) is 6.42 Å². The molecule has 1 unspecified atom stereocenters. The molecule has 1 aliphatic rings. The fourth-order valence-electron chi connectivity index (χ4n) is 1.86. The first-order valence-corrected chi connectivity index (χ1v) is 6.42. The van der Waals surface area contributed by atoms with Crippen LogP contribution in [-0.2, 0) is 9.59 Å². The Morgan fingerprint density at radius 3 is 2.12 bits per heavy atom. The smallest absolute Gasteiger partial charge is 0.244 e. The zero-order valence-electron chi connectivity index (χ0n) is 11.4. The number of hydrogen-bond donors (Lipinski definition) is 1. The third-order valence-electron chi connectivity index (χ3n) is 3.07. The van der Waals surface area contributed by atoms with E-state index < -0.39 is 11.5 Å². The van der Waals surface area contributed by atoms with E-state index in [-0.39, 0.29) is 11.8 Å². The molecule has 0 aromatic carbocycles. The van der Waals surface area contributed by atoms with Crippen molar-refractivity contribution in [1.29, 1.82) is 0 Å². The van der Waals surface area contributed by atoms with Crippen LogP contribution in [-0.4, -0.2) is 35.8 Å². The summed E-state index contributed by atoms with van der Waals surface area (Å²) in [5.41, 5.74) is -0.448. The van der Waals surface area contributed by atoms with Crippen molar-refractivity contribution in [2.24, 2.45) is 5.41 Å². The summed E-state index contributed by atoms with van der Waals surface area (Å²) in [6.45, 7) is 8.96. The van der Waals surface area contributed by atoms with Crippen molar-refractivity contribution in [3.05, 3.63) is 0 Å². The highest BCUT2D eigenvalue weighted by molar-refractivity contribution is 5.89. The molecule has 1 N–H and O–H groups in total. The Morgan fingerprint density at radius 1 is 1.12 bits per heavy atom. The highest BCUT2D eigenvalue weighted by atomic mass is 16.2. The van der Waals surface area contributed by atoms with Gasteiger partial charge in [-0.25, -0.2) is 0 Å². The predicted octanol–water partition coefficient (Wildman–Crippen LogP) is 1.55. The summed E-state index contributed by atoms with van der Waals surface area (Å²) in [6.07, 6.45) is 3.35. The van der Waals surface area contributed by atoms with E-state index in [1.54, 1.807) is 6.92 Å². The van der Waals surface area contributed by atoms with Crippen molar-refractivity contribution in [2.45, 2.75) is 53.0 Å². The van der Waals surface area contributed by atoms with Gasteiger partial charge in [0, 0.05) is 18.5 Å². The van der Waals surface area contributed by atoms with Gasteiger partial charge in [-0.2, -0.15) is 0 Å². The Morgan fingerprint density at radius 2 is 1.65 bits per heavy atom. The monoisotopic (exact) mass is 240 g/mol. The molecule has 0 bridgehead atoms. The van der Waals surface area contributed by atoms with Crippen molar-refractivity contribution in [1.82, 2.24) is 10.2 Å². The van der Waals surface area contributed by atoms with Crippen LogP contribution in [0.2, 0.25) is 0 Å². The van der Waals surface area contributed by atoms with Gasteiger partial charge in [0.2, 0.25) is 11.8 Å². The number of amides is 2. The zero-order valence-corrected chi connectivity index (χ0v) is 11.4. The minimum atomic E-state index is -0.448. The lowest BCUT2D eigenvalue weighted by molar-refractivity contribution is -0.138. The molecule has 1 fully saturated rings. The zero-order chi connectivity index (χ0) is 13.1. The second-order valence-electron chi connectivity index (χ2n) is 5.83. The van der Waals surface area contributed by atoms with Gasteiger partial charge in [0.25, 0.3) is 0 Å². The fourth-order valence-corrected chi connectivity index (χ4v) is 1.86. The Labute approximate surface area is 104 Å². The molecule has 17 heavy (non-hydrogen) atoms. The quantitative estimate of drug-likeness (QED) is 0.796. The van der Waals surface area contributed by atoms with Crippen LogP contribution in [0.1, 0.15) is 47.0 Å². The van der Waals surface area contributed by atoms with E-state index in [1.807, 2.05) is 25.7 Å². The highest BCUT2D eigenvalue weighted by Gasteiger charge is 2.27. The Hall–Kier alpha value is -1.06. The van der Waals surface area contributed by atoms with Gasteiger partial charge in [0.1, 0.15) is 6.04 Å². The highest BCUT2D eigenvalue weighted by Crippen LogP contribution is 2.14. The molecular weight excluding hydrogens is 216 g/mol. The van der Waals surface area contributed by atoms with E-state index >= 15 is 0 Å². The minimum Gasteiger partial charge on any atom is -0.344 e. The van der Waals surface area contributed by atoms with Gasteiger partial charge in [-0.15, -0.1) is 0 Å². The van der Waals surface area contributed by atoms with Crippen LogP contribution < -0.4 is 5.32 Å². The van der Waals surface area contributed by atoms with E-state index in [0.717, 1.165) is 25.9 Å². The standard InChI is InChI=1S/C13H24N2O2/c1-10(14-12(17)13(2,3)4)11(16)15-8-6-5-7-9-15/h10H,5-9H2,1-4H3,(H,14,17). The molecule has 0 aliphatic carbocycles. The number of nitrogens with one attached hydrogen (secondary N) is 1. The summed E-state index contributed by atoms with van der Waals surface area (Å²) in [7, 11) is 0. The van der Waals surface area contributed by atoms with Crippen LogP contribution in [0.4, 0.5) is 0 Å². The van der Waals surface area contributed by atoms with Crippen molar-refractivity contribution in [2.75, 3.05) is 13.1 Å². The second-order valence-corrected chi connectivity index (χ2v) is 5.83. The van der Waals surface area contributed by atoms with Gasteiger partial charge in [0.15, 0.2) is 0 Å². The molecule has 0 saturated carbocycles. The number of carbonyl (C=O) groups is 2. The Balaban J connectivity index is 2.49. The topological polar surface area (TPSA) is 49.4 Å². The van der Waals surface area contributed by atoms with Crippen LogP contribution in [0.15, 0.2) is 0 Å². The third kappa shape index (κ3) is 4.02. The van der Waals surface area contributed by atoms with Crippen LogP contribution in [0.3, 0.4) is 0 Å². The van der Waals surface area contributed by atoms with Crippen molar-refractivity contribution in [3.63, 3.8) is 0 Å². The Bertz CT molecular complexity index is 288. The molecule has 1 heterocycles. The number of carbonyl (C=O) groups excluding carboxylic acids is 2. The largest absolute Gasteiger partial charge is 0.344 e. The molecular formula is C13H24N2O2. The lowest BCUT2D eigenvalue weighted by Gasteiger charge is -2.30. The molecule has 0 aromatic heterocycles. The van der Waals surface area contributed by atoms with Gasteiger partial charge in [-0.1, -0.05) is 20.8 Å². The molecule has 4 nitrogen and oxygen atoms in total. The lowest BCUT2D eigenvalue weighted by atomic mass is 9.95. The first-order chi connectivity index (χ1) is 7.82. The van der Waals surface area contributed by atoms with Crippen molar-refractivity contribution < 1.29 is 9.59 Å². The summed E-state index contributed by atoms with van der Waals surface area (Å²) < 4.78 is 0. The van der Waals surface area contributed by atoms with Crippen LogP contribution in [0, 0.1) is 5.41 Å². The number of rotatable bonds is 2. The maximum absolute atomic E-state index is 12.1.